The first kappa shape index (κ1) is 14.3. The number of rotatable bonds is 4. The van der Waals surface area contributed by atoms with Gasteiger partial charge in [0.05, 0.1) is 7.11 Å². The summed E-state index contributed by atoms with van der Waals surface area (Å²) in [5, 5.41) is 19.2. The topological polar surface area (TPSA) is 85.2 Å². The van der Waals surface area contributed by atoms with E-state index in [2.05, 4.69) is 4.74 Å². The first-order valence-electron chi connectivity index (χ1n) is 5.18. The monoisotopic (exact) mass is 252 g/mol. The molecule has 1 rings (SSSR count). The van der Waals surface area contributed by atoms with Crippen molar-refractivity contribution in [2.45, 2.75) is 44.1 Å². The Morgan fingerprint density at radius 3 is 2.53 bits per heavy atom. The van der Waals surface area contributed by atoms with E-state index >= 15 is 0 Å². The van der Waals surface area contributed by atoms with Crippen molar-refractivity contribution in [3.63, 3.8) is 0 Å². The fourth-order valence-electron chi connectivity index (χ4n) is 1.71. The SMILES string of the molecule is COC(=O)[C@H](O)[C@@H](O)[C@H]1OC(C)(C)O[C@@H]1CF. The van der Waals surface area contributed by atoms with E-state index in [9.17, 15) is 19.4 Å². The summed E-state index contributed by atoms with van der Waals surface area (Å²) in [6.45, 7) is 2.21. The van der Waals surface area contributed by atoms with Crippen LogP contribution in [0.1, 0.15) is 13.8 Å². The van der Waals surface area contributed by atoms with Crippen LogP contribution in [-0.2, 0) is 19.0 Å². The smallest absolute Gasteiger partial charge is 0.337 e. The molecule has 0 spiro atoms. The number of aliphatic hydroxyl groups excluding tert-OH is 2. The molecule has 1 heterocycles. The zero-order chi connectivity index (χ0) is 13.2. The van der Waals surface area contributed by atoms with E-state index in [1.54, 1.807) is 13.8 Å². The highest BCUT2D eigenvalue weighted by Gasteiger charge is 2.48. The minimum atomic E-state index is -1.79. The standard InChI is InChI=1S/C10H17FO6/c1-10(2)16-5(4-11)8(17-10)6(12)7(13)9(14)15-3/h5-8,12-13H,4H2,1-3H3/t5-,6-,7-,8+/m1/s1. The number of hydrogen-bond acceptors (Lipinski definition) is 6. The molecule has 1 aliphatic rings. The molecule has 17 heavy (non-hydrogen) atoms. The van der Waals surface area contributed by atoms with Gasteiger partial charge in [0.25, 0.3) is 0 Å². The zero-order valence-corrected chi connectivity index (χ0v) is 9.92. The third-order valence-electron chi connectivity index (χ3n) is 2.48. The average molecular weight is 252 g/mol. The molecule has 0 aromatic rings. The summed E-state index contributed by atoms with van der Waals surface area (Å²) in [7, 11) is 1.07. The van der Waals surface area contributed by atoms with E-state index in [-0.39, 0.29) is 0 Å². The Balaban J connectivity index is 2.74. The van der Waals surface area contributed by atoms with E-state index in [0.29, 0.717) is 0 Å². The van der Waals surface area contributed by atoms with Crippen molar-refractivity contribution in [3.8, 4) is 0 Å². The Labute approximate surface area is 98.3 Å². The molecule has 0 saturated carbocycles. The maximum absolute atomic E-state index is 12.7. The van der Waals surface area contributed by atoms with Crippen molar-refractivity contribution < 1.29 is 33.6 Å². The fourth-order valence-corrected chi connectivity index (χ4v) is 1.71. The Morgan fingerprint density at radius 2 is 2.06 bits per heavy atom. The lowest BCUT2D eigenvalue weighted by Crippen LogP contribution is -2.47. The van der Waals surface area contributed by atoms with Crippen LogP contribution in [0.3, 0.4) is 0 Å². The number of hydrogen-bond donors (Lipinski definition) is 2. The van der Waals surface area contributed by atoms with Gasteiger partial charge in [0.15, 0.2) is 11.9 Å². The van der Waals surface area contributed by atoms with E-state index in [4.69, 9.17) is 9.47 Å². The van der Waals surface area contributed by atoms with Crippen LogP contribution in [0.25, 0.3) is 0 Å². The molecule has 0 unspecified atom stereocenters. The normalized spacial score (nSPS) is 30.9. The van der Waals surface area contributed by atoms with Crippen molar-refractivity contribution in [3.05, 3.63) is 0 Å². The summed E-state index contributed by atoms with van der Waals surface area (Å²) in [6.07, 6.45) is -5.55. The quantitative estimate of drug-likeness (QED) is 0.648. The molecular weight excluding hydrogens is 235 g/mol. The van der Waals surface area contributed by atoms with E-state index in [0.717, 1.165) is 7.11 Å². The highest BCUT2D eigenvalue weighted by atomic mass is 19.1. The van der Waals surface area contributed by atoms with Crippen molar-refractivity contribution in [2.75, 3.05) is 13.8 Å². The van der Waals surface area contributed by atoms with Crippen LogP contribution in [0.5, 0.6) is 0 Å². The van der Waals surface area contributed by atoms with Crippen LogP contribution in [0.4, 0.5) is 4.39 Å². The van der Waals surface area contributed by atoms with Crippen molar-refractivity contribution in [2.24, 2.45) is 0 Å². The molecule has 1 aliphatic heterocycles. The minimum absolute atomic E-state index is 0.890. The molecule has 0 aromatic carbocycles. The lowest BCUT2D eigenvalue weighted by molar-refractivity contribution is -0.175. The third kappa shape index (κ3) is 3.12. The summed E-state index contributed by atoms with van der Waals surface area (Å²) >= 11 is 0. The number of methoxy groups -OCH3 is 1. The second-order valence-electron chi connectivity index (χ2n) is 4.25. The van der Waals surface area contributed by atoms with Crippen LogP contribution in [0.2, 0.25) is 0 Å². The largest absolute Gasteiger partial charge is 0.467 e. The average Bonchev–Trinajstić information content (AvgIpc) is 2.61. The van der Waals surface area contributed by atoms with Crippen molar-refractivity contribution in [1.29, 1.82) is 0 Å². The molecule has 100 valence electrons. The molecule has 1 saturated heterocycles. The Morgan fingerprint density at radius 1 is 1.47 bits per heavy atom. The molecule has 0 radical (unpaired) electrons. The molecule has 6 nitrogen and oxygen atoms in total. The summed E-state index contributed by atoms with van der Waals surface area (Å²) in [4.78, 5) is 11.0. The predicted molar refractivity (Wildman–Crippen MR) is 53.8 cm³/mol. The third-order valence-corrected chi connectivity index (χ3v) is 2.48. The highest BCUT2D eigenvalue weighted by Crippen LogP contribution is 2.31. The second-order valence-corrected chi connectivity index (χ2v) is 4.25. The Bertz CT molecular complexity index is 282. The van der Waals surface area contributed by atoms with Gasteiger partial charge in [-0.1, -0.05) is 0 Å². The number of carbonyl (C=O) groups is 1. The minimum Gasteiger partial charge on any atom is -0.467 e. The Kier molecular flexibility index (Phi) is 4.42. The van der Waals surface area contributed by atoms with Gasteiger partial charge in [-0.2, -0.15) is 0 Å². The lowest BCUT2D eigenvalue weighted by atomic mass is 10.0. The van der Waals surface area contributed by atoms with Crippen LogP contribution in [0.15, 0.2) is 0 Å². The number of esters is 1. The van der Waals surface area contributed by atoms with Gasteiger partial charge in [-0.15, -0.1) is 0 Å². The maximum atomic E-state index is 12.7. The van der Waals surface area contributed by atoms with Gasteiger partial charge in [0.2, 0.25) is 0 Å². The second kappa shape index (κ2) is 5.26. The lowest BCUT2D eigenvalue weighted by Gasteiger charge is -2.24. The summed E-state index contributed by atoms with van der Waals surface area (Å²) in [5.74, 6) is -2.08. The molecule has 2 N–H and O–H groups in total. The maximum Gasteiger partial charge on any atom is 0.337 e. The zero-order valence-electron chi connectivity index (χ0n) is 9.92. The Hall–Kier alpha value is -0.760. The number of aliphatic hydroxyl groups is 2. The molecule has 4 atom stereocenters. The molecule has 0 aromatic heterocycles. The van der Waals surface area contributed by atoms with Crippen LogP contribution >= 0.6 is 0 Å². The van der Waals surface area contributed by atoms with Crippen LogP contribution in [0, 0.1) is 0 Å². The highest BCUT2D eigenvalue weighted by molar-refractivity contribution is 5.75. The van der Waals surface area contributed by atoms with Crippen molar-refractivity contribution >= 4 is 5.97 Å². The van der Waals surface area contributed by atoms with Crippen LogP contribution < -0.4 is 0 Å². The molecule has 0 amide bonds. The van der Waals surface area contributed by atoms with Gasteiger partial charge < -0.3 is 24.4 Å². The van der Waals surface area contributed by atoms with Gasteiger partial charge >= 0.3 is 5.97 Å². The van der Waals surface area contributed by atoms with Gasteiger partial charge in [-0.05, 0) is 13.8 Å². The van der Waals surface area contributed by atoms with E-state index < -0.39 is 42.8 Å². The number of ether oxygens (including phenoxy) is 3. The first-order chi connectivity index (χ1) is 7.82. The van der Waals surface area contributed by atoms with Gasteiger partial charge in [-0.25, -0.2) is 9.18 Å². The number of halogens is 1. The van der Waals surface area contributed by atoms with Gasteiger partial charge in [-0.3, -0.25) is 0 Å². The molecule has 7 heteroatoms. The van der Waals surface area contributed by atoms with Crippen molar-refractivity contribution in [1.82, 2.24) is 0 Å². The van der Waals surface area contributed by atoms with Gasteiger partial charge in [0, 0.05) is 0 Å². The molecule has 0 bridgehead atoms. The first-order valence-corrected chi connectivity index (χ1v) is 5.18. The summed E-state index contributed by atoms with van der Waals surface area (Å²) < 4.78 is 27.4. The molecule has 0 aliphatic carbocycles. The van der Waals surface area contributed by atoms with Gasteiger partial charge in [0.1, 0.15) is 25.0 Å². The summed E-state index contributed by atoms with van der Waals surface area (Å²) in [6, 6.07) is 0. The van der Waals surface area contributed by atoms with E-state index in [1.807, 2.05) is 0 Å². The fraction of sp³-hybridized carbons (Fsp3) is 0.900. The number of carbonyl (C=O) groups excluding carboxylic acids is 1. The predicted octanol–water partition coefficient (Wildman–Crippen LogP) is -0.629. The summed E-state index contributed by atoms with van der Waals surface area (Å²) in [5.41, 5.74) is 0. The molecular formula is C10H17FO6. The molecule has 1 fully saturated rings. The van der Waals surface area contributed by atoms with Crippen LogP contribution in [-0.4, -0.2) is 60.2 Å². The van der Waals surface area contributed by atoms with E-state index in [1.165, 1.54) is 0 Å². The number of alkyl halides is 1.